The third-order valence-electron chi connectivity index (χ3n) is 3.51. The van der Waals surface area contributed by atoms with Crippen LogP contribution in [0.3, 0.4) is 0 Å². The fraction of sp³-hybridized carbons (Fsp3) is 0.909. The molecule has 0 aromatic heterocycles. The molecule has 4 heteroatoms. The van der Waals surface area contributed by atoms with Gasteiger partial charge in [-0.05, 0) is 43.9 Å². The third-order valence-corrected chi connectivity index (χ3v) is 4.89. The van der Waals surface area contributed by atoms with Gasteiger partial charge in [-0.1, -0.05) is 6.42 Å². The lowest BCUT2D eigenvalue weighted by atomic mass is 10.0. The summed E-state index contributed by atoms with van der Waals surface area (Å²) in [6, 6.07) is 0.351. The Morgan fingerprint density at radius 2 is 2.20 bits per heavy atom. The molecular formula is C11H20N2OS. The second-order valence-electron chi connectivity index (χ2n) is 4.54. The SMILES string of the molecule is NCC1CCCC1NC(=O)C1CCCS1. The summed E-state index contributed by atoms with van der Waals surface area (Å²) < 4.78 is 0. The van der Waals surface area contributed by atoms with Gasteiger partial charge >= 0.3 is 0 Å². The van der Waals surface area contributed by atoms with Gasteiger partial charge in [0.1, 0.15) is 0 Å². The van der Waals surface area contributed by atoms with E-state index in [-0.39, 0.29) is 11.2 Å². The molecule has 1 amide bonds. The van der Waals surface area contributed by atoms with Gasteiger partial charge in [-0.15, -0.1) is 11.8 Å². The minimum absolute atomic E-state index is 0.212. The van der Waals surface area contributed by atoms with Gasteiger partial charge in [-0.3, -0.25) is 4.79 Å². The molecule has 0 aromatic rings. The molecule has 3 nitrogen and oxygen atoms in total. The van der Waals surface area contributed by atoms with Crippen molar-refractivity contribution in [3.63, 3.8) is 0 Å². The Hall–Kier alpha value is -0.220. The van der Waals surface area contributed by atoms with Crippen molar-refractivity contribution < 1.29 is 4.79 Å². The van der Waals surface area contributed by atoms with E-state index in [1.165, 1.54) is 19.3 Å². The summed E-state index contributed by atoms with van der Waals surface area (Å²) in [5.74, 6) is 1.91. The maximum atomic E-state index is 11.9. The van der Waals surface area contributed by atoms with E-state index >= 15 is 0 Å². The number of thioether (sulfide) groups is 1. The Kier molecular flexibility index (Phi) is 3.92. The topological polar surface area (TPSA) is 55.1 Å². The van der Waals surface area contributed by atoms with Crippen LogP contribution in [0.25, 0.3) is 0 Å². The minimum atomic E-state index is 0.212. The Morgan fingerprint density at radius 3 is 2.87 bits per heavy atom. The number of rotatable bonds is 3. The van der Waals surface area contributed by atoms with Crippen molar-refractivity contribution in [1.29, 1.82) is 0 Å². The van der Waals surface area contributed by atoms with Crippen LogP contribution in [0.15, 0.2) is 0 Å². The fourth-order valence-electron chi connectivity index (χ4n) is 2.57. The molecule has 3 N–H and O–H groups in total. The number of hydrogen-bond donors (Lipinski definition) is 2. The first-order valence-corrected chi connectivity index (χ1v) is 6.98. The van der Waals surface area contributed by atoms with Crippen LogP contribution in [0, 0.1) is 5.92 Å². The summed E-state index contributed by atoms with van der Waals surface area (Å²) >= 11 is 1.80. The number of hydrogen-bond acceptors (Lipinski definition) is 3. The Labute approximate surface area is 95.6 Å². The molecule has 3 atom stereocenters. The maximum absolute atomic E-state index is 11.9. The molecule has 1 saturated heterocycles. The van der Waals surface area contributed by atoms with Crippen LogP contribution in [-0.4, -0.2) is 29.5 Å². The van der Waals surface area contributed by atoms with Gasteiger partial charge in [0, 0.05) is 6.04 Å². The van der Waals surface area contributed by atoms with E-state index in [1.807, 2.05) is 0 Å². The summed E-state index contributed by atoms with van der Waals surface area (Å²) in [5, 5.41) is 3.39. The number of carbonyl (C=O) groups is 1. The van der Waals surface area contributed by atoms with Crippen molar-refractivity contribution in [2.45, 2.75) is 43.4 Å². The molecule has 2 aliphatic rings. The normalized spacial score (nSPS) is 35.7. The van der Waals surface area contributed by atoms with Gasteiger partial charge in [0.25, 0.3) is 0 Å². The Morgan fingerprint density at radius 1 is 1.33 bits per heavy atom. The number of nitrogens with one attached hydrogen (secondary N) is 1. The van der Waals surface area contributed by atoms with Crippen LogP contribution in [0.4, 0.5) is 0 Å². The molecule has 1 aliphatic heterocycles. The smallest absolute Gasteiger partial charge is 0.233 e. The maximum Gasteiger partial charge on any atom is 0.233 e. The largest absolute Gasteiger partial charge is 0.352 e. The van der Waals surface area contributed by atoms with Crippen LogP contribution in [0.5, 0.6) is 0 Å². The quantitative estimate of drug-likeness (QED) is 0.761. The van der Waals surface area contributed by atoms with Gasteiger partial charge in [0.15, 0.2) is 0 Å². The lowest BCUT2D eigenvalue weighted by molar-refractivity contribution is -0.121. The van der Waals surface area contributed by atoms with E-state index in [2.05, 4.69) is 5.32 Å². The second kappa shape index (κ2) is 5.21. The van der Waals surface area contributed by atoms with Crippen molar-refractivity contribution in [2.75, 3.05) is 12.3 Å². The standard InChI is InChI=1S/C11H20N2OS/c12-7-8-3-1-4-9(8)13-11(14)10-5-2-6-15-10/h8-10H,1-7,12H2,(H,13,14). The van der Waals surface area contributed by atoms with Crippen molar-refractivity contribution in [3.8, 4) is 0 Å². The summed E-state index contributed by atoms with van der Waals surface area (Å²) in [7, 11) is 0. The molecule has 1 saturated carbocycles. The monoisotopic (exact) mass is 228 g/mol. The van der Waals surface area contributed by atoms with Gasteiger partial charge < -0.3 is 11.1 Å². The van der Waals surface area contributed by atoms with E-state index in [1.54, 1.807) is 11.8 Å². The molecule has 15 heavy (non-hydrogen) atoms. The summed E-state index contributed by atoms with van der Waals surface area (Å²) in [5.41, 5.74) is 5.70. The predicted octanol–water partition coefficient (Wildman–Crippen LogP) is 1.13. The minimum Gasteiger partial charge on any atom is -0.352 e. The molecule has 0 spiro atoms. The first kappa shape index (κ1) is 11.3. The number of carbonyl (C=O) groups excluding carboxylic acids is 1. The predicted molar refractivity (Wildman–Crippen MR) is 63.8 cm³/mol. The summed E-state index contributed by atoms with van der Waals surface area (Å²) in [4.78, 5) is 11.9. The lowest BCUT2D eigenvalue weighted by Crippen LogP contribution is -2.43. The molecule has 0 bridgehead atoms. The molecule has 2 fully saturated rings. The fourth-order valence-corrected chi connectivity index (χ4v) is 3.74. The Balaban J connectivity index is 1.82. The number of amides is 1. The first-order valence-electron chi connectivity index (χ1n) is 5.93. The molecule has 1 heterocycles. The molecular weight excluding hydrogens is 208 g/mol. The van der Waals surface area contributed by atoms with Crippen molar-refractivity contribution in [2.24, 2.45) is 11.7 Å². The van der Waals surface area contributed by atoms with Gasteiger partial charge in [-0.25, -0.2) is 0 Å². The average molecular weight is 228 g/mol. The second-order valence-corrected chi connectivity index (χ2v) is 5.85. The van der Waals surface area contributed by atoms with Crippen LogP contribution in [0.2, 0.25) is 0 Å². The van der Waals surface area contributed by atoms with Crippen LogP contribution in [-0.2, 0) is 4.79 Å². The lowest BCUT2D eigenvalue weighted by Gasteiger charge is -2.21. The van der Waals surface area contributed by atoms with Crippen molar-refractivity contribution in [1.82, 2.24) is 5.32 Å². The van der Waals surface area contributed by atoms with Crippen LogP contribution >= 0.6 is 11.8 Å². The van der Waals surface area contributed by atoms with Gasteiger partial charge in [-0.2, -0.15) is 0 Å². The van der Waals surface area contributed by atoms with Gasteiger partial charge in [0.2, 0.25) is 5.91 Å². The summed E-state index contributed by atoms with van der Waals surface area (Å²) in [6.07, 6.45) is 5.75. The molecule has 0 radical (unpaired) electrons. The highest BCUT2D eigenvalue weighted by atomic mass is 32.2. The average Bonchev–Trinajstić information content (AvgIpc) is 2.87. The zero-order valence-electron chi connectivity index (χ0n) is 9.08. The van der Waals surface area contributed by atoms with E-state index in [4.69, 9.17) is 5.73 Å². The summed E-state index contributed by atoms with van der Waals surface area (Å²) in [6.45, 7) is 0.711. The van der Waals surface area contributed by atoms with E-state index in [9.17, 15) is 4.79 Å². The van der Waals surface area contributed by atoms with E-state index in [0.29, 0.717) is 18.5 Å². The molecule has 86 valence electrons. The van der Waals surface area contributed by atoms with Crippen molar-refractivity contribution >= 4 is 17.7 Å². The zero-order chi connectivity index (χ0) is 10.7. The molecule has 1 aliphatic carbocycles. The van der Waals surface area contributed by atoms with E-state index in [0.717, 1.165) is 18.6 Å². The first-order chi connectivity index (χ1) is 7.31. The molecule has 2 rings (SSSR count). The highest BCUT2D eigenvalue weighted by molar-refractivity contribution is 8.00. The number of nitrogens with two attached hydrogens (primary N) is 1. The zero-order valence-corrected chi connectivity index (χ0v) is 9.89. The molecule has 3 unspecified atom stereocenters. The van der Waals surface area contributed by atoms with E-state index < -0.39 is 0 Å². The highest BCUT2D eigenvalue weighted by Gasteiger charge is 2.30. The van der Waals surface area contributed by atoms with Gasteiger partial charge in [0.05, 0.1) is 5.25 Å². The van der Waals surface area contributed by atoms with Crippen molar-refractivity contribution in [3.05, 3.63) is 0 Å². The van der Waals surface area contributed by atoms with Crippen LogP contribution < -0.4 is 11.1 Å². The van der Waals surface area contributed by atoms with Crippen LogP contribution in [0.1, 0.15) is 32.1 Å². The Bertz CT molecular complexity index is 229. The highest BCUT2D eigenvalue weighted by Crippen LogP contribution is 2.28. The third kappa shape index (κ3) is 2.67. The molecule has 0 aromatic carbocycles.